The minimum atomic E-state index is 0.408. The minimum absolute atomic E-state index is 0.408. The Labute approximate surface area is 112 Å². The number of hydrogen-bond donors (Lipinski definition) is 1. The van der Waals surface area contributed by atoms with Gasteiger partial charge < -0.3 is 5.32 Å². The summed E-state index contributed by atoms with van der Waals surface area (Å²) in [5.41, 5.74) is 3.62. The number of anilines is 1. The molecule has 18 heavy (non-hydrogen) atoms. The maximum absolute atomic E-state index is 4.33. The molecule has 3 heteroatoms. The van der Waals surface area contributed by atoms with Crippen molar-refractivity contribution in [2.75, 3.05) is 11.1 Å². The Kier molecular flexibility index (Phi) is 3.24. The van der Waals surface area contributed by atoms with Gasteiger partial charge in [-0.05, 0) is 37.1 Å². The highest BCUT2D eigenvalue weighted by Crippen LogP contribution is 2.37. The van der Waals surface area contributed by atoms with Crippen molar-refractivity contribution in [2.45, 2.75) is 24.3 Å². The average Bonchev–Trinajstić information content (AvgIpc) is 2.42. The lowest BCUT2D eigenvalue weighted by Crippen LogP contribution is -2.16. The molecule has 1 aromatic carbocycles. The Balaban J connectivity index is 1.89. The van der Waals surface area contributed by atoms with Crippen molar-refractivity contribution in [1.82, 2.24) is 4.98 Å². The fraction of sp³-hybridized carbons (Fsp3) is 0.267. The molecule has 1 aromatic heterocycles. The summed E-state index contributed by atoms with van der Waals surface area (Å²) in [5, 5.41) is 3.63. The maximum Gasteiger partial charge on any atom is 0.0603 e. The van der Waals surface area contributed by atoms with Gasteiger partial charge in [-0.15, -0.1) is 11.8 Å². The third-order valence-electron chi connectivity index (χ3n) is 3.30. The molecule has 0 radical (unpaired) electrons. The number of nitrogens with zero attached hydrogens (tertiary/aromatic N) is 1. The molecule has 0 aliphatic carbocycles. The van der Waals surface area contributed by atoms with E-state index >= 15 is 0 Å². The second-order valence-corrected chi connectivity index (χ2v) is 5.65. The lowest BCUT2D eigenvalue weighted by Gasteiger charge is -2.27. The lowest BCUT2D eigenvalue weighted by molar-refractivity contribution is 0.727. The molecule has 2 heterocycles. The van der Waals surface area contributed by atoms with Crippen molar-refractivity contribution in [2.24, 2.45) is 0 Å². The Morgan fingerprint density at radius 2 is 2.11 bits per heavy atom. The van der Waals surface area contributed by atoms with Gasteiger partial charge >= 0.3 is 0 Å². The van der Waals surface area contributed by atoms with E-state index in [-0.39, 0.29) is 0 Å². The molecular formula is C15H16N2S. The number of nitrogens with one attached hydrogen (secondary N) is 1. The van der Waals surface area contributed by atoms with Gasteiger partial charge in [-0.2, -0.15) is 0 Å². The van der Waals surface area contributed by atoms with Crippen LogP contribution in [0.2, 0.25) is 0 Å². The second-order valence-electron chi connectivity index (χ2n) is 4.51. The molecular weight excluding hydrogens is 240 g/mol. The van der Waals surface area contributed by atoms with E-state index in [0.29, 0.717) is 6.04 Å². The van der Waals surface area contributed by atoms with E-state index in [2.05, 4.69) is 40.6 Å². The molecule has 1 aliphatic rings. The summed E-state index contributed by atoms with van der Waals surface area (Å²) >= 11 is 1.95. The summed E-state index contributed by atoms with van der Waals surface area (Å²) < 4.78 is 0. The molecule has 3 rings (SSSR count). The highest BCUT2D eigenvalue weighted by atomic mass is 32.2. The first-order valence-corrected chi connectivity index (χ1v) is 7.23. The Morgan fingerprint density at radius 3 is 3.00 bits per heavy atom. The lowest BCUT2D eigenvalue weighted by atomic mass is 10.0. The fourth-order valence-electron chi connectivity index (χ4n) is 2.32. The van der Waals surface area contributed by atoms with Gasteiger partial charge in [-0.1, -0.05) is 18.2 Å². The summed E-state index contributed by atoms with van der Waals surface area (Å²) in [6.07, 6.45) is 3.00. The standard InChI is InChI=1S/C15H16N2S/c1-11-13(6-4-9-16-11)17-14-8-10-18-15-7-3-2-5-12(14)15/h2-7,9,14,17H,8,10H2,1H3. The molecule has 2 aromatic rings. The van der Waals surface area contributed by atoms with E-state index in [4.69, 9.17) is 0 Å². The van der Waals surface area contributed by atoms with Crippen LogP contribution in [0, 0.1) is 6.92 Å². The van der Waals surface area contributed by atoms with Crippen LogP contribution in [0.25, 0.3) is 0 Å². The molecule has 1 atom stereocenters. The molecule has 0 bridgehead atoms. The highest BCUT2D eigenvalue weighted by Gasteiger charge is 2.20. The number of thioether (sulfide) groups is 1. The maximum atomic E-state index is 4.33. The first-order valence-electron chi connectivity index (χ1n) is 6.24. The summed E-state index contributed by atoms with van der Waals surface area (Å²) in [6.45, 7) is 2.05. The van der Waals surface area contributed by atoms with Crippen LogP contribution in [-0.2, 0) is 0 Å². The fourth-order valence-corrected chi connectivity index (χ4v) is 3.44. The van der Waals surface area contributed by atoms with Crippen molar-refractivity contribution in [3.8, 4) is 0 Å². The topological polar surface area (TPSA) is 24.9 Å². The molecule has 0 fully saturated rings. The van der Waals surface area contributed by atoms with E-state index < -0.39 is 0 Å². The highest BCUT2D eigenvalue weighted by molar-refractivity contribution is 7.99. The van der Waals surface area contributed by atoms with E-state index in [1.54, 1.807) is 0 Å². The van der Waals surface area contributed by atoms with Crippen LogP contribution < -0.4 is 5.32 Å². The van der Waals surface area contributed by atoms with Gasteiger partial charge in [0.05, 0.1) is 17.4 Å². The van der Waals surface area contributed by atoms with Crippen LogP contribution >= 0.6 is 11.8 Å². The number of aromatic nitrogens is 1. The molecule has 1 unspecified atom stereocenters. The van der Waals surface area contributed by atoms with Crippen molar-refractivity contribution < 1.29 is 0 Å². The van der Waals surface area contributed by atoms with Crippen LogP contribution in [0.1, 0.15) is 23.7 Å². The van der Waals surface area contributed by atoms with E-state index in [9.17, 15) is 0 Å². The summed E-state index contributed by atoms with van der Waals surface area (Å²) in [7, 11) is 0. The smallest absolute Gasteiger partial charge is 0.0603 e. The van der Waals surface area contributed by atoms with Gasteiger partial charge in [-0.3, -0.25) is 4.98 Å². The van der Waals surface area contributed by atoms with Gasteiger partial charge in [0.2, 0.25) is 0 Å². The average molecular weight is 256 g/mol. The number of aryl methyl sites for hydroxylation is 1. The normalized spacial score (nSPS) is 18.2. The van der Waals surface area contributed by atoms with Gasteiger partial charge in [0.15, 0.2) is 0 Å². The number of benzene rings is 1. The number of hydrogen-bond acceptors (Lipinski definition) is 3. The van der Waals surface area contributed by atoms with E-state index in [0.717, 1.165) is 17.8 Å². The van der Waals surface area contributed by atoms with Gasteiger partial charge in [0.1, 0.15) is 0 Å². The van der Waals surface area contributed by atoms with Gasteiger partial charge in [0.25, 0.3) is 0 Å². The number of fused-ring (bicyclic) bond motifs is 1. The molecule has 1 N–H and O–H groups in total. The predicted octanol–water partition coefficient (Wildman–Crippen LogP) is 4.04. The zero-order chi connectivity index (χ0) is 12.4. The molecule has 0 amide bonds. The van der Waals surface area contributed by atoms with Crippen LogP contribution in [0.3, 0.4) is 0 Å². The number of pyridine rings is 1. The Bertz CT molecular complexity index is 554. The molecule has 1 aliphatic heterocycles. The van der Waals surface area contributed by atoms with E-state index in [1.807, 2.05) is 30.9 Å². The SMILES string of the molecule is Cc1ncccc1NC1CCSc2ccccc21. The first-order chi connectivity index (χ1) is 8.84. The molecule has 92 valence electrons. The summed E-state index contributed by atoms with van der Waals surface area (Å²) in [4.78, 5) is 5.74. The first kappa shape index (κ1) is 11.6. The monoisotopic (exact) mass is 256 g/mol. The van der Waals surface area contributed by atoms with Crippen molar-refractivity contribution in [3.05, 3.63) is 53.9 Å². The van der Waals surface area contributed by atoms with Crippen molar-refractivity contribution in [1.29, 1.82) is 0 Å². The second kappa shape index (κ2) is 5.02. The molecule has 0 spiro atoms. The molecule has 2 nitrogen and oxygen atoms in total. The Hall–Kier alpha value is -1.48. The third-order valence-corrected chi connectivity index (χ3v) is 4.42. The van der Waals surface area contributed by atoms with Gasteiger partial charge in [-0.25, -0.2) is 0 Å². The molecule has 0 saturated carbocycles. The summed E-state index contributed by atoms with van der Waals surface area (Å²) in [6, 6.07) is 13.2. The zero-order valence-electron chi connectivity index (χ0n) is 10.4. The van der Waals surface area contributed by atoms with Crippen molar-refractivity contribution >= 4 is 17.4 Å². The molecule has 0 saturated heterocycles. The number of rotatable bonds is 2. The van der Waals surface area contributed by atoms with Crippen molar-refractivity contribution in [3.63, 3.8) is 0 Å². The van der Waals surface area contributed by atoms with Gasteiger partial charge in [0, 0.05) is 16.8 Å². The predicted molar refractivity (Wildman–Crippen MR) is 77.1 cm³/mol. The van der Waals surface area contributed by atoms with E-state index in [1.165, 1.54) is 16.2 Å². The third kappa shape index (κ3) is 2.23. The largest absolute Gasteiger partial charge is 0.377 e. The minimum Gasteiger partial charge on any atom is -0.377 e. The van der Waals surface area contributed by atoms with Crippen LogP contribution in [0.5, 0.6) is 0 Å². The summed E-state index contributed by atoms with van der Waals surface area (Å²) in [5.74, 6) is 1.17. The quantitative estimate of drug-likeness (QED) is 0.877. The Morgan fingerprint density at radius 1 is 1.22 bits per heavy atom. The van der Waals surface area contributed by atoms with Crippen LogP contribution in [0.4, 0.5) is 5.69 Å². The van der Waals surface area contributed by atoms with Crippen LogP contribution in [0.15, 0.2) is 47.5 Å². The van der Waals surface area contributed by atoms with Crippen LogP contribution in [-0.4, -0.2) is 10.7 Å². The zero-order valence-corrected chi connectivity index (χ0v) is 11.2.